The monoisotopic (exact) mass is 425 g/mol. The molecule has 3 aromatic rings. The Morgan fingerprint density at radius 3 is 2.56 bits per heavy atom. The number of thiazole rings is 1. The van der Waals surface area contributed by atoms with E-state index in [1.165, 1.54) is 23.6 Å². The van der Waals surface area contributed by atoms with Gasteiger partial charge in [0, 0.05) is 21.0 Å². The third-order valence-electron chi connectivity index (χ3n) is 3.27. The van der Waals surface area contributed by atoms with Gasteiger partial charge in [0.2, 0.25) is 5.13 Å². The molecular weight excluding hydrogens is 415 g/mol. The van der Waals surface area contributed by atoms with Gasteiger partial charge in [-0.2, -0.15) is 18.3 Å². The van der Waals surface area contributed by atoms with Crippen LogP contribution in [0.25, 0.3) is 11.3 Å². The molecule has 8 heteroatoms. The first-order valence-corrected chi connectivity index (χ1v) is 8.78. The molecule has 0 spiro atoms. The minimum absolute atomic E-state index is 0.0443. The number of aromatic nitrogens is 1. The lowest BCUT2D eigenvalue weighted by molar-refractivity contribution is -0.138. The first-order valence-electron chi connectivity index (χ1n) is 7.11. The molecule has 0 unspecified atom stereocenters. The fraction of sp³-hybridized carbons (Fsp3) is 0.0588. The van der Waals surface area contributed by atoms with Crippen molar-refractivity contribution in [3.05, 3.63) is 69.5 Å². The number of nitrogens with one attached hydrogen (secondary N) is 1. The van der Waals surface area contributed by atoms with Crippen molar-refractivity contribution in [2.75, 3.05) is 5.43 Å². The first kappa shape index (κ1) is 17.6. The second-order valence-electron chi connectivity index (χ2n) is 4.98. The van der Waals surface area contributed by atoms with E-state index in [1.54, 1.807) is 6.07 Å². The van der Waals surface area contributed by atoms with Crippen molar-refractivity contribution in [1.29, 1.82) is 0 Å². The van der Waals surface area contributed by atoms with Crippen LogP contribution in [-0.2, 0) is 6.18 Å². The molecule has 0 amide bonds. The first-order chi connectivity index (χ1) is 11.9. The normalized spacial score (nSPS) is 11.8. The molecule has 3 rings (SSSR count). The maximum absolute atomic E-state index is 12.9. The van der Waals surface area contributed by atoms with Gasteiger partial charge in [-0.05, 0) is 22.0 Å². The zero-order valence-corrected chi connectivity index (χ0v) is 15.0. The van der Waals surface area contributed by atoms with Gasteiger partial charge >= 0.3 is 6.18 Å². The van der Waals surface area contributed by atoms with Crippen LogP contribution >= 0.6 is 27.3 Å². The number of halogens is 4. The molecule has 0 aliphatic heterocycles. The highest BCUT2D eigenvalue weighted by Gasteiger charge is 2.33. The summed E-state index contributed by atoms with van der Waals surface area (Å²) in [5, 5.41) is 6.41. The Labute approximate surface area is 154 Å². The van der Waals surface area contributed by atoms with Crippen molar-refractivity contribution in [3.8, 4) is 11.3 Å². The van der Waals surface area contributed by atoms with Gasteiger partial charge in [-0.1, -0.05) is 42.5 Å². The number of hydrogen-bond acceptors (Lipinski definition) is 4. The smallest absolute Gasteiger partial charge is 0.253 e. The molecule has 0 fully saturated rings. The number of nitrogens with zero attached hydrogens (tertiary/aromatic N) is 2. The molecule has 1 N–H and O–H groups in total. The lowest BCUT2D eigenvalue weighted by Gasteiger charge is -2.10. The molecule has 3 nitrogen and oxygen atoms in total. The van der Waals surface area contributed by atoms with Crippen molar-refractivity contribution < 1.29 is 13.2 Å². The number of benzene rings is 2. The second kappa shape index (κ2) is 7.37. The van der Waals surface area contributed by atoms with E-state index < -0.39 is 11.7 Å². The standard InChI is InChI=1S/C17H11BrF3N3S/c18-15-12(7-4-8-13(15)17(19,20)21)9-22-24-16-23-14(10-25-16)11-5-2-1-3-6-11/h1-10H,(H,23,24). The van der Waals surface area contributed by atoms with Gasteiger partial charge in [0.25, 0.3) is 0 Å². The second-order valence-corrected chi connectivity index (χ2v) is 6.63. The lowest BCUT2D eigenvalue weighted by atomic mass is 10.1. The van der Waals surface area contributed by atoms with Crippen LogP contribution in [0.5, 0.6) is 0 Å². The van der Waals surface area contributed by atoms with Gasteiger partial charge in [0.1, 0.15) is 0 Å². The molecule has 0 radical (unpaired) electrons. The molecule has 0 bridgehead atoms. The predicted molar refractivity (Wildman–Crippen MR) is 97.9 cm³/mol. The Bertz CT molecular complexity index is 892. The third kappa shape index (κ3) is 4.26. The van der Waals surface area contributed by atoms with E-state index in [-0.39, 0.29) is 4.47 Å². The van der Waals surface area contributed by atoms with E-state index >= 15 is 0 Å². The molecule has 0 saturated carbocycles. The molecule has 2 aromatic carbocycles. The van der Waals surface area contributed by atoms with Gasteiger partial charge in [-0.25, -0.2) is 4.98 Å². The fourth-order valence-electron chi connectivity index (χ4n) is 2.09. The van der Waals surface area contributed by atoms with Crippen LogP contribution in [0.1, 0.15) is 11.1 Å². The number of alkyl halides is 3. The molecule has 1 aromatic heterocycles. The summed E-state index contributed by atoms with van der Waals surface area (Å²) in [6.07, 6.45) is -3.10. The Morgan fingerprint density at radius 2 is 1.84 bits per heavy atom. The molecular formula is C17H11BrF3N3S. The van der Waals surface area contributed by atoms with Crippen LogP contribution in [-0.4, -0.2) is 11.2 Å². The Balaban J connectivity index is 1.73. The van der Waals surface area contributed by atoms with Crippen molar-refractivity contribution in [2.45, 2.75) is 6.18 Å². The summed E-state index contributed by atoms with van der Waals surface area (Å²) >= 11 is 4.35. The predicted octanol–water partition coefficient (Wildman–Crippen LogP) is 6.04. The lowest BCUT2D eigenvalue weighted by Crippen LogP contribution is -2.07. The molecule has 0 aliphatic carbocycles. The van der Waals surface area contributed by atoms with Gasteiger partial charge in [0.15, 0.2) is 0 Å². The summed E-state index contributed by atoms with van der Waals surface area (Å²) in [4.78, 5) is 4.39. The summed E-state index contributed by atoms with van der Waals surface area (Å²) in [6.45, 7) is 0. The van der Waals surface area contributed by atoms with E-state index in [9.17, 15) is 13.2 Å². The van der Waals surface area contributed by atoms with Crippen molar-refractivity contribution >= 4 is 38.6 Å². The average molecular weight is 426 g/mol. The minimum Gasteiger partial charge on any atom is -0.253 e. The van der Waals surface area contributed by atoms with E-state index in [0.29, 0.717) is 10.7 Å². The highest BCUT2D eigenvalue weighted by molar-refractivity contribution is 9.10. The number of rotatable bonds is 4. The van der Waals surface area contributed by atoms with Crippen molar-refractivity contribution in [1.82, 2.24) is 4.98 Å². The molecule has 1 heterocycles. The van der Waals surface area contributed by atoms with E-state index in [1.807, 2.05) is 35.7 Å². The van der Waals surface area contributed by atoms with Crippen LogP contribution in [0.3, 0.4) is 0 Å². The van der Waals surface area contributed by atoms with Gasteiger partial charge < -0.3 is 0 Å². The molecule has 0 atom stereocenters. The maximum Gasteiger partial charge on any atom is 0.417 e. The SMILES string of the molecule is FC(F)(F)c1cccc(C=NNc2nc(-c3ccccc3)cs2)c1Br. The Morgan fingerprint density at radius 1 is 1.08 bits per heavy atom. The van der Waals surface area contributed by atoms with Crippen LogP contribution in [0.2, 0.25) is 0 Å². The van der Waals surface area contributed by atoms with Crippen LogP contribution in [0.4, 0.5) is 18.3 Å². The molecule has 25 heavy (non-hydrogen) atoms. The highest BCUT2D eigenvalue weighted by atomic mass is 79.9. The number of hydrogen-bond donors (Lipinski definition) is 1. The van der Waals surface area contributed by atoms with Crippen LogP contribution < -0.4 is 5.43 Å². The van der Waals surface area contributed by atoms with E-state index in [0.717, 1.165) is 17.3 Å². The third-order valence-corrected chi connectivity index (χ3v) is 4.90. The molecule has 0 saturated heterocycles. The quantitative estimate of drug-likeness (QED) is 0.408. The fourth-order valence-corrected chi connectivity index (χ4v) is 3.35. The van der Waals surface area contributed by atoms with Crippen molar-refractivity contribution in [3.63, 3.8) is 0 Å². The summed E-state index contributed by atoms with van der Waals surface area (Å²) in [5.41, 5.74) is 4.12. The van der Waals surface area contributed by atoms with Crippen molar-refractivity contribution in [2.24, 2.45) is 5.10 Å². The van der Waals surface area contributed by atoms with Crippen LogP contribution in [0, 0.1) is 0 Å². The largest absolute Gasteiger partial charge is 0.417 e. The Hall–Kier alpha value is -2.19. The summed E-state index contributed by atoms with van der Waals surface area (Å²) in [6, 6.07) is 13.6. The number of anilines is 1. The van der Waals surface area contributed by atoms with Gasteiger partial charge in [-0.15, -0.1) is 11.3 Å². The summed E-state index contributed by atoms with van der Waals surface area (Å²) in [5.74, 6) is 0. The van der Waals surface area contributed by atoms with Crippen LogP contribution in [0.15, 0.2) is 63.5 Å². The van der Waals surface area contributed by atoms with E-state index in [4.69, 9.17) is 0 Å². The Kier molecular flexibility index (Phi) is 5.19. The molecule has 128 valence electrons. The van der Waals surface area contributed by atoms with E-state index in [2.05, 4.69) is 31.4 Å². The van der Waals surface area contributed by atoms with Gasteiger partial charge in [-0.3, -0.25) is 5.43 Å². The topological polar surface area (TPSA) is 37.3 Å². The zero-order chi connectivity index (χ0) is 17.9. The number of hydrazone groups is 1. The summed E-state index contributed by atoms with van der Waals surface area (Å²) in [7, 11) is 0. The zero-order valence-electron chi connectivity index (χ0n) is 12.6. The minimum atomic E-state index is -4.42. The maximum atomic E-state index is 12.9. The molecule has 0 aliphatic rings. The highest BCUT2D eigenvalue weighted by Crippen LogP contribution is 2.36. The summed E-state index contributed by atoms with van der Waals surface area (Å²) < 4.78 is 38.6. The average Bonchev–Trinajstić information content (AvgIpc) is 3.05. The van der Waals surface area contributed by atoms with Gasteiger partial charge in [0.05, 0.1) is 17.5 Å².